The second-order valence-electron chi connectivity index (χ2n) is 4.22. The average molecular weight is 241 g/mol. The lowest BCUT2D eigenvalue weighted by Crippen LogP contribution is -2.35. The van der Waals surface area contributed by atoms with Gasteiger partial charge in [-0.1, -0.05) is 19.0 Å². The summed E-state index contributed by atoms with van der Waals surface area (Å²) in [4.78, 5) is 6.63. The molecule has 0 radical (unpaired) electrons. The standard InChI is InChI=1S/C12H23N3O2/c1-5-7-11-13-12(17-14-11)8-15(6-2)10(3)9-16-4/h10H,5-9H2,1-4H3. The minimum atomic E-state index is 0.353. The van der Waals surface area contributed by atoms with Crippen molar-refractivity contribution in [1.29, 1.82) is 0 Å². The first-order valence-electron chi connectivity index (χ1n) is 6.25. The molecule has 98 valence electrons. The number of aromatic nitrogens is 2. The monoisotopic (exact) mass is 241 g/mol. The number of nitrogens with zero attached hydrogens (tertiary/aromatic N) is 3. The Hall–Kier alpha value is -0.940. The summed E-state index contributed by atoms with van der Waals surface area (Å²) in [6, 6.07) is 0.353. The van der Waals surface area contributed by atoms with Gasteiger partial charge in [-0.3, -0.25) is 4.90 Å². The van der Waals surface area contributed by atoms with Gasteiger partial charge in [0.25, 0.3) is 0 Å². The van der Waals surface area contributed by atoms with Crippen LogP contribution in [0.3, 0.4) is 0 Å². The van der Waals surface area contributed by atoms with Crippen molar-refractivity contribution in [2.24, 2.45) is 0 Å². The lowest BCUT2D eigenvalue weighted by molar-refractivity contribution is 0.0907. The van der Waals surface area contributed by atoms with Crippen molar-refractivity contribution in [2.45, 2.75) is 46.2 Å². The fourth-order valence-electron chi connectivity index (χ4n) is 1.78. The van der Waals surface area contributed by atoms with E-state index < -0.39 is 0 Å². The van der Waals surface area contributed by atoms with E-state index in [-0.39, 0.29) is 0 Å². The molecule has 1 heterocycles. The molecule has 1 rings (SSSR count). The quantitative estimate of drug-likeness (QED) is 0.695. The zero-order valence-electron chi connectivity index (χ0n) is 11.3. The van der Waals surface area contributed by atoms with Gasteiger partial charge in [-0.15, -0.1) is 0 Å². The van der Waals surface area contributed by atoms with Gasteiger partial charge >= 0.3 is 0 Å². The van der Waals surface area contributed by atoms with E-state index in [0.29, 0.717) is 25.1 Å². The number of hydrogen-bond donors (Lipinski definition) is 0. The predicted octanol–water partition coefficient (Wildman–Crippen LogP) is 1.88. The first-order chi connectivity index (χ1) is 8.21. The maximum absolute atomic E-state index is 5.23. The molecule has 0 bridgehead atoms. The Morgan fingerprint density at radius 3 is 2.76 bits per heavy atom. The Labute approximate surface area is 103 Å². The Morgan fingerprint density at radius 1 is 1.41 bits per heavy atom. The minimum absolute atomic E-state index is 0.353. The third-order valence-electron chi connectivity index (χ3n) is 2.76. The summed E-state index contributed by atoms with van der Waals surface area (Å²) in [6.07, 6.45) is 1.92. The number of rotatable bonds is 8. The molecule has 0 amide bonds. The van der Waals surface area contributed by atoms with Crippen molar-refractivity contribution in [3.05, 3.63) is 11.7 Å². The number of methoxy groups -OCH3 is 1. The molecule has 0 saturated heterocycles. The van der Waals surface area contributed by atoms with E-state index in [0.717, 1.165) is 25.2 Å². The van der Waals surface area contributed by atoms with E-state index in [1.165, 1.54) is 0 Å². The van der Waals surface area contributed by atoms with Gasteiger partial charge in [-0.2, -0.15) is 4.98 Å². The van der Waals surface area contributed by atoms with Crippen molar-refractivity contribution in [3.63, 3.8) is 0 Å². The van der Waals surface area contributed by atoms with E-state index >= 15 is 0 Å². The van der Waals surface area contributed by atoms with Crippen LogP contribution in [0.4, 0.5) is 0 Å². The molecule has 0 aliphatic heterocycles. The van der Waals surface area contributed by atoms with Crippen LogP contribution in [0.1, 0.15) is 38.9 Å². The highest BCUT2D eigenvalue weighted by molar-refractivity contribution is 4.87. The molecule has 5 nitrogen and oxygen atoms in total. The fraction of sp³-hybridized carbons (Fsp3) is 0.833. The predicted molar refractivity (Wildman–Crippen MR) is 65.7 cm³/mol. The van der Waals surface area contributed by atoms with Crippen molar-refractivity contribution < 1.29 is 9.26 Å². The Balaban J connectivity index is 2.54. The van der Waals surface area contributed by atoms with E-state index in [1.807, 2.05) is 0 Å². The van der Waals surface area contributed by atoms with Crippen LogP contribution in [-0.2, 0) is 17.7 Å². The maximum atomic E-state index is 5.23. The van der Waals surface area contributed by atoms with E-state index in [9.17, 15) is 0 Å². The topological polar surface area (TPSA) is 51.4 Å². The molecule has 1 atom stereocenters. The Morgan fingerprint density at radius 2 is 2.18 bits per heavy atom. The second kappa shape index (κ2) is 7.40. The van der Waals surface area contributed by atoms with Gasteiger partial charge in [0.2, 0.25) is 5.89 Å². The molecule has 0 spiro atoms. The molecule has 1 unspecified atom stereocenters. The van der Waals surface area contributed by atoms with E-state index in [1.54, 1.807) is 7.11 Å². The van der Waals surface area contributed by atoms with Gasteiger partial charge in [0, 0.05) is 19.6 Å². The lowest BCUT2D eigenvalue weighted by Gasteiger charge is -2.25. The molecule has 0 N–H and O–H groups in total. The number of ether oxygens (including phenoxy) is 1. The van der Waals surface area contributed by atoms with E-state index in [4.69, 9.17) is 9.26 Å². The molecule has 1 aromatic rings. The van der Waals surface area contributed by atoms with Gasteiger partial charge in [0.05, 0.1) is 13.2 Å². The van der Waals surface area contributed by atoms with Crippen LogP contribution in [0.25, 0.3) is 0 Å². The van der Waals surface area contributed by atoms with Crippen molar-refractivity contribution >= 4 is 0 Å². The Bertz CT molecular complexity index is 314. The summed E-state index contributed by atoms with van der Waals surface area (Å²) in [7, 11) is 1.72. The van der Waals surface area contributed by atoms with Crippen LogP contribution in [0.2, 0.25) is 0 Å². The zero-order chi connectivity index (χ0) is 12.7. The Kier molecular flexibility index (Phi) is 6.15. The third kappa shape index (κ3) is 4.44. The smallest absolute Gasteiger partial charge is 0.240 e. The van der Waals surface area contributed by atoms with Crippen LogP contribution >= 0.6 is 0 Å². The number of likely N-dealkylation sites (N-methyl/N-ethyl adjacent to an activating group) is 1. The molecule has 17 heavy (non-hydrogen) atoms. The first-order valence-corrected chi connectivity index (χ1v) is 6.25. The van der Waals surface area contributed by atoms with Crippen molar-refractivity contribution in [1.82, 2.24) is 15.0 Å². The first kappa shape index (κ1) is 14.1. The second-order valence-corrected chi connectivity index (χ2v) is 4.22. The molecule has 0 aliphatic rings. The lowest BCUT2D eigenvalue weighted by atomic mass is 10.3. The summed E-state index contributed by atoms with van der Waals surface area (Å²) in [6.45, 7) is 8.71. The van der Waals surface area contributed by atoms with Gasteiger partial charge < -0.3 is 9.26 Å². The van der Waals surface area contributed by atoms with Crippen LogP contribution in [0.5, 0.6) is 0 Å². The average Bonchev–Trinajstić information content (AvgIpc) is 2.74. The highest BCUT2D eigenvalue weighted by Gasteiger charge is 2.15. The summed E-state index contributed by atoms with van der Waals surface area (Å²) in [5, 5.41) is 3.95. The molecular formula is C12H23N3O2. The van der Waals surface area contributed by atoms with Gasteiger partial charge in [0.15, 0.2) is 5.82 Å². The normalized spacial score (nSPS) is 13.2. The molecule has 0 aliphatic carbocycles. The number of aryl methyl sites for hydroxylation is 1. The molecule has 0 saturated carbocycles. The van der Waals surface area contributed by atoms with Gasteiger partial charge in [0.1, 0.15) is 0 Å². The zero-order valence-corrected chi connectivity index (χ0v) is 11.3. The molecule has 0 fully saturated rings. The van der Waals surface area contributed by atoms with Gasteiger partial charge in [-0.25, -0.2) is 0 Å². The highest BCUT2D eigenvalue weighted by atomic mass is 16.5. The maximum Gasteiger partial charge on any atom is 0.240 e. The summed E-state index contributed by atoms with van der Waals surface area (Å²) in [5.74, 6) is 1.50. The molecular weight excluding hydrogens is 218 g/mol. The van der Waals surface area contributed by atoms with Crippen LogP contribution < -0.4 is 0 Å². The van der Waals surface area contributed by atoms with Crippen molar-refractivity contribution in [3.8, 4) is 0 Å². The van der Waals surface area contributed by atoms with Crippen LogP contribution in [-0.4, -0.2) is 41.3 Å². The van der Waals surface area contributed by atoms with Crippen molar-refractivity contribution in [2.75, 3.05) is 20.3 Å². The highest BCUT2D eigenvalue weighted by Crippen LogP contribution is 2.07. The molecule has 5 heteroatoms. The summed E-state index contributed by atoms with van der Waals surface area (Å²) >= 11 is 0. The third-order valence-corrected chi connectivity index (χ3v) is 2.76. The SMILES string of the molecule is CCCc1noc(CN(CC)C(C)COC)n1. The van der Waals surface area contributed by atoms with E-state index in [2.05, 4.69) is 35.8 Å². The minimum Gasteiger partial charge on any atom is -0.383 e. The molecule has 0 aromatic carbocycles. The fourth-order valence-corrected chi connectivity index (χ4v) is 1.78. The number of hydrogen-bond acceptors (Lipinski definition) is 5. The molecule has 1 aromatic heterocycles. The largest absolute Gasteiger partial charge is 0.383 e. The summed E-state index contributed by atoms with van der Waals surface area (Å²) < 4.78 is 10.4. The van der Waals surface area contributed by atoms with Crippen LogP contribution in [0.15, 0.2) is 4.52 Å². The summed E-state index contributed by atoms with van der Waals surface area (Å²) in [5.41, 5.74) is 0. The van der Waals surface area contributed by atoms with Gasteiger partial charge in [-0.05, 0) is 19.9 Å². The van der Waals surface area contributed by atoms with Crippen LogP contribution in [0, 0.1) is 0 Å².